The van der Waals surface area contributed by atoms with Crippen molar-refractivity contribution in [2.75, 3.05) is 26.3 Å². The van der Waals surface area contributed by atoms with Crippen LogP contribution in [-0.2, 0) is 24.1 Å². The predicted molar refractivity (Wildman–Crippen MR) is 87.0 cm³/mol. The molecule has 120 valence electrons. The molecule has 0 radical (unpaired) electrons. The van der Waals surface area contributed by atoms with Gasteiger partial charge in [0.2, 0.25) is 0 Å². The molecule has 1 aromatic heterocycles. The highest BCUT2D eigenvalue weighted by Crippen LogP contribution is 2.35. The van der Waals surface area contributed by atoms with Crippen molar-refractivity contribution in [3.8, 4) is 0 Å². The third kappa shape index (κ3) is 3.79. The Morgan fingerprint density at radius 2 is 2.19 bits per heavy atom. The number of ether oxygens (including phenoxy) is 1. The van der Waals surface area contributed by atoms with Crippen LogP contribution < -0.4 is 5.32 Å². The zero-order chi connectivity index (χ0) is 15.3. The Balaban J connectivity index is 2.18. The van der Waals surface area contributed by atoms with Crippen LogP contribution in [0.2, 0.25) is 5.02 Å². The first-order chi connectivity index (χ1) is 10.2. The molecule has 0 spiro atoms. The molecule has 1 aliphatic rings. The fourth-order valence-corrected chi connectivity index (χ4v) is 3.40. The van der Waals surface area contributed by atoms with Gasteiger partial charge in [-0.2, -0.15) is 5.10 Å². The van der Waals surface area contributed by atoms with Gasteiger partial charge in [0, 0.05) is 25.1 Å². The fourth-order valence-electron chi connectivity index (χ4n) is 3.06. The predicted octanol–water partition coefficient (Wildman–Crippen LogP) is 3.07. The van der Waals surface area contributed by atoms with Crippen molar-refractivity contribution in [3.63, 3.8) is 0 Å². The summed E-state index contributed by atoms with van der Waals surface area (Å²) in [5, 5.41) is 9.07. The van der Waals surface area contributed by atoms with Gasteiger partial charge in [-0.1, -0.05) is 25.4 Å². The molecule has 1 N–H and O–H groups in total. The highest BCUT2D eigenvalue weighted by Gasteiger charge is 2.36. The second kappa shape index (κ2) is 7.61. The lowest BCUT2D eigenvalue weighted by Crippen LogP contribution is -2.37. The van der Waals surface area contributed by atoms with E-state index < -0.39 is 0 Å². The number of nitrogens with zero attached hydrogens (tertiary/aromatic N) is 2. The van der Waals surface area contributed by atoms with Crippen LogP contribution in [0.1, 0.15) is 45.0 Å². The summed E-state index contributed by atoms with van der Waals surface area (Å²) in [5.41, 5.74) is 2.36. The first kappa shape index (κ1) is 16.8. The molecule has 1 fully saturated rings. The molecule has 0 saturated carbocycles. The Kier molecular flexibility index (Phi) is 6.08. The van der Waals surface area contributed by atoms with E-state index in [0.29, 0.717) is 0 Å². The van der Waals surface area contributed by atoms with Crippen molar-refractivity contribution in [1.29, 1.82) is 0 Å². The van der Waals surface area contributed by atoms with Crippen molar-refractivity contribution in [2.24, 2.45) is 5.41 Å². The summed E-state index contributed by atoms with van der Waals surface area (Å²) in [4.78, 5) is 0. The quantitative estimate of drug-likeness (QED) is 0.750. The number of rotatable bonds is 8. The SMILES string of the molecule is CCCNCC1(Cc2c(Cl)c(CC)nn2CC)CCOC1. The second-order valence-electron chi connectivity index (χ2n) is 6.03. The number of aromatic nitrogens is 2. The maximum Gasteiger partial charge on any atom is 0.0850 e. The van der Waals surface area contributed by atoms with Gasteiger partial charge in [-0.15, -0.1) is 0 Å². The molecule has 2 rings (SSSR count). The van der Waals surface area contributed by atoms with Crippen LogP contribution in [0.25, 0.3) is 0 Å². The molecule has 21 heavy (non-hydrogen) atoms. The van der Waals surface area contributed by atoms with E-state index in [1.165, 1.54) is 5.69 Å². The van der Waals surface area contributed by atoms with E-state index >= 15 is 0 Å². The molecule has 1 aliphatic heterocycles. The smallest absolute Gasteiger partial charge is 0.0850 e. The van der Waals surface area contributed by atoms with Crippen LogP contribution in [0.3, 0.4) is 0 Å². The third-order valence-corrected chi connectivity index (χ3v) is 4.78. The molecule has 0 bridgehead atoms. The van der Waals surface area contributed by atoms with Crippen LogP contribution in [0.4, 0.5) is 0 Å². The molecular formula is C16H28ClN3O. The van der Waals surface area contributed by atoms with Crippen LogP contribution in [-0.4, -0.2) is 36.1 Å². The minimum atomic E-state index is 0.163. The molecule has 1 saturated heterocycles. The lowest BCUT2D eigenvalue weighted by atomic mass is 9.82. The van der Waals surface area contributed by atoms with Crippen LogP contribution in [0.15, 0.2) is 0 Å². The molecule has 0 aromatic carbocycles. The summed E-state index contributed by atoms with van der Waals surface area (Å²) in [6, 6.07) is 0. The number of aryl methyl sites for hydroxylation is 2. The van der Waals surface area contributed by atoms with Crippen molar-refractivity contribution in [1.82, 2.24) is 15.1 Å². The normalized spacial score (nSPS) is 22.1. The zero-order valence-corrected chi connectivity index (χ0v) is 14.3. The average Bonchev–Trinajstić information content (AvgIpc) is 3.06. The first-order valence-electron chi connectivity index (χ1n) is 8.18. The van der Waals surface area contributed by atoms with Crippen molar-refractivity contribution in [3.05, 3.63) is 16.4 Å². The van der Waals surface area contributed by atoms with Crippen molar-refractivity contribution in [2.45, 2.75) is 53.0 Å². The number of halogens is 1. The molecule has 4 nitrogen and oxygen atoms in total. The van der Waals surface area contributed by atoms with Gasteiger partial charge in [0.1, 0.15) is 0 Å². The van der Waals surface area contributed by atoms with Crippen LogP contribution >= 0.6 is 11.6 Å². The van der Waals surface area contributed by atoms with Gasteiger partial charge in [0.05, 0.1) is 23.0 Å². The lowest BCUT2D eigenvalue weighted by Gasteiger charge is -2.28. The Bertz CT molecular complexity index is 453. The second-order valence-corrected chi connectivity index (χ2v) is 6.41. The zero-order valence-electron chi connectivity index (χ0n) is 13.5. The van der Waals surface area contributed by atoms with E-state index in [0.717, 1.165) is 69.2 Å². The molecule has 0 aliphatic carbocycles. The summed E-state index contributed by atoms with van der Waals surface area (Å²) < 4.78 is 7.77. The maximum absolute atomic E-state index is 6.57. The third-order valence-electron chi connectivity index (χ3n) is 4.35. The fraction of sp³-hybridized carbons (Fsp3) is 0.812. The van der Waals surface area contributed by atoms with E-state index in [1.807, 2.05) is 0 Å². The van der Waals surface area contributed by atoms with E-state index in [4.69, 9.17) is 16.3 Å². The van der Waals surface area contributed by atoms with Crippen molar-refractivity contribution < 1.29 is 4.74 Å². The number of nitrogens with one attached hydrogen (secondary N) is 1. The van der Waals surface area contributed by atoms with Crippen LogP contribution in [0, 0.1) is 5.41 Å². The number of hydrogen-bond acceptors (Lipinski definition) is 3. The molecule has 1 atom stereocenters. The molecular weight excluding hydrogens is 286 g/mol. The average molecular weight is 314 g/mol. The van der Waals surface area contributed by atoms with Gasteiger partial charge in [-0.3, -0.25) is 4.68 Å². The van der Waals surface area contributed by atoms with Crippen LogP contribution in [0.5, 0.6) is 0 Å². The van der Waals surface area contributed by atoms with Gasteiger partial charge in [0.15, 0.2) is 0 Å². The standard InChI is InChI=1S/C16H28ClN3O/c1-4-8-18-11-16(7-9-21-12-16)10-14-15(17)13(5-2)19-20(14)6-3/h18H,4-12H2,1-3H3. The van der Waals surface area contributed by atoms with E-state index in [-0.39, 0.29) is 5.41 Å². The highest BCUT2D eigenvalue weighted by molar-refractivity contribution is 6.31. The van der Waals surface area contributed by atoms with Gasteiger partial charge < -0.3 is 10.1 Å². The summed E-state index contributed by atoms with van der Waals surface area (Å²) in [6.45, 7) is 11.0. The molecule has 1 unspecified atom stereocenters. The maximum atomic E-state index is 6.57. The summed E-state index contributed by atoms with van der Waals surface area (Å²) >= 11 is 6.57. The van der Waals surface area contributed by atoms with Crippen molar-refractivity contribution >= 4 is 11.6 Å². The van der Waals surface area contributed by atoms with Gasteiger partial charge >= 0.3 is 0 Å². The Labute approximate surface area is 133 Å². The Hall–Kier alpha value is -0.580. The number of hydrogen-bond donors (Lipinski definition) is 1. The summed E-state index contributed by atoms with van der Waals surface area (Å²) in [6.07, 6.45) is 4.08. The molecule has 5 heteroatoms. The minimum absolute atomic E-state index is 0.163. The molecule has 1 aromatic rings. The van der Waals surface area contributed by atoms with E-state index in [9.17, 15) is 0 Å². The Morgan fingerprint density at radius 3 is 2.76 bits per heavy atom. The molecule has 2 heterocycles. The summed E-state index contributed by atoms with van der Waals surface area (Å²) in [5.74, 6) is 0. The van der Waals surface area contributed by atoms with E-state index in [1.54, 1.807) is 0 Å². The molecule has 0 amide bonds. The largest absolute Gasteiger partial charge is 0.381 e. The topological polar surface area (TPSA) is 39.1 Å². The highest BCUT2D eigenvalue weighted by atomic mass is 35.5. The first-order valence-corrected chi connectivity index (χ1v) is 8.56. The lowest BCUT2D eigenvalue weighted by molar-refractivity contribution is 0.148. The van der Waals surface area contributed by atoms with Gasteiger partial charge in [0.25, 0.3) is 0 Å². The Morgan fingerprint density at radius 1 is 1.38 bits per heavy atom. The van der Waals surface area contributed by atoms with Gasteiger partial charge in [-0.05, 0) is 39.2 Å². The monoisotopic (exact) mass is 313 g/mol. The minimum Gasteiger partial charge on any atom is -0.381 e. The summed E-state index contributed by atoms with van der Waals surface area (Å²) in [7, 11) is 0. The van der Waals surface area contributed by atoms with E-state index in [2.05, 4.69) is 35.9 Å². The van der Waals surface area contributed by atoms with Gasteiger partial charge in [-0.25, -0.2) is 0 Å².